The van der Waals surface area contributed by atoms with Gasteiger partial charge < -0.3 is 14.5 Å². The van der Waals surface area contributed by atoms with E-state index in [4.69, 9.17) is 9.16 Å². The zero-order valence-corrected chi connectivity index (χ0v) is 23.1. The minimum absolute atomic E-state index is 0.0423. The first-order valence-electron chi connectivity index (χ1n) is 11.7. The van der Waals surface area contributed by atoms with Gasteiger partial charge in [0.2, 0.25) is 0 Å². The molecule has 35 heavy (non-hydrogen) atoms. The fourth-order valence-corrected chi connectivity index (χ4v) is 5.81. The maximum Gasteiger partial charge on any atom is 0.407 e. The zero-order chi connectivity index (χ0) is 26.1. The fourth-order valence-electron chi connectivity index (χ4n) is 3.14. The van der Waals surface area contributed by atoms with Gasteiger partial charge in [-0.15, -0.1) is 0 Å². The minimum atomic E-state index is -3.73. The SMILES string of the molecule is CC(C)(C)[Si](C)(C)OC(CCNC(=O)OCc1ccccc1)CC(=O)CS(=O)(=O)c1ccccc1. The lowest BCUT2D eigenvalue weighted by Gasteiger charge is -2.39. The van der Waals surface area contributed by atoms with Gasteiger partial charge in [0, 0.05) is 13.0 Å². The summed E-state index contributed by atoms with van der Waals surface area (Å²) >= 11 is 0. The third-order valence-corrected chi connectivity index (χ3v) is 12.4. The van der Waals surface area contributed by atoms with Gasteiger partial charge in [0.05, 0.1) is 11.0 Å². The van der Waals surface area contributed by atoms with Gasteiger partial charge in [-0.1, -0.05) is 69.3 Å². The van der Waals surface area contributed by atoms with Crippen LogP contribution in [-0.2, 0) is 30.4 Å². The molecule has 9 heteroatoms. The molecule has 0 aliphatic rings. The molecule has 0 saturated carbocycles. The molecule has 0 aliphatic carbocycles. The van der Waals surface area contributed by atoms with Crippen molar-refractivity contribution in [1.29, 1.82) is 0 Å². The Bertz CT molecular complexity index is 1070. The second-order valence-corrected chi connectivity index (χ2v) is 16.8. The molecule has 1 unspecified atom stereocenters. The molecule has 2 aromatic rings. The van der Waals surface area contributed by atoms with Gasteiger partial charge in [-0.05, 0) is 42.2 Å². The van der Waals surface area contributed by atoms with Crippen molar-refractivity contribution in [1.82, 2.24) is 5.32 Å². The van der Waals surface area contributed by atoms with Crippen molar-refractivity contribution in [3.63, 3.8) is 0 Å². The topological polar surface area (TPSA) is 98.8 Å². The first-order valence-corrected chi connectivity index (χ1v) is 16.3. The van der Waals surface area contributed by atoms with Gasteiger partial charge in [-0.3, -0.25) is 4.79 Å². The van der Waals surface area contributed by atoms with Gasteiger partial charge in [0.15, 0.2) is 23.9 Å². The lowest BCUT2D eigenvalue weighted by molar-refractivity contribution is -0.118. The number of hydrogen-bond donors (Lipinski definition) is 1. The number of carbonyl (C=O) groups is 2. The highest BCUT2D eigenvalue weighted by molar-refractivity contribution is 7.92. The summed E-state index contributed by atoms with van der Waals surface area (Å²) in [5.41, 5.74) is 0.881. The molecule has 0 radical (unpaired) electrons. The van der Waals surface area contributed by atoms with Crippen LogP contribution in [0.15, 0.2) is 65.6 Å². The number of rotatable bonds is 12. The van der Waals surface area contributed by atoms with Crippen LogP contribution in [0, 0.1) is 0 Å². The minimum Gasteiger partial charge on any atom is -0.445 e. The van der Waals surface area contributed by atoms with E-state index < -0.39 is 41.9 Å². The van der Waals surface area contributed by atoms with E-state index in [2.05, 4.69) is 39.2 Å². The van der Waals surface area contributed by atoms with E-state index in [0.717, 1.165) is 5.56 Å². The van der Waals surface area contributed by atoms with Crippen LogP contribution < -0.4 is 5.32 Å². The molecular weight excluding hydrogens is 482 g/mol. The standard InChI is InChI=1S/C26H37NO6SSi/c1-26(2,3)35(4,5)33-23(16-17-27-25(29)32-19-21-12-8-6-9-13-21)18-22(28)20-34(30,31)24-14-10-7-11-15-24/h6-15,23H,16-20H2,1-5H3,(H,27,29). The van der Waals surface area contributed by atoms with Crippen molar-refractivity contribution < 1.29 is 27.2 Å². The lowest BCUT2D eigenvalue weighted by atomic mass is 10.1. The predicted octanol–water partition coefficient (Wildman–Crippen LogP) is 5.13. The molecular formula is C26H37NO6SSi. The number of ether oxygens (including phenoxy) is 1. The Balaban J connectivity index is 1.98. The van der Waals surface area contributed by atoms with Crippen LogP contribution in [0.2, 0.25) is 18.1 Å². The number of Topliss-reactive ketones (excluding diaryl/α,β-unsaturated/α-hetero) is 1. The van der Waals surface area contributed by atoms with E-state index in [1.807, 2.05) is 30.3 Å². The van der Waals surface area contributed by atoms with Gasteiger partial charge >= 0.3 is 6.09 Å². The number of hydrogen-bond acceptors (Lipinski definition) is 6. The number of alkyl carbamates (subject to hydrolysis) is 1. The number of benzene rings is 2. The van der Waals surface area contributed by atoms with Crippen molar-refractivity contribution in [2.45, 2.75) is 69.4 Å². The van der Waals surface area contributed by atoms with Gasteiger partial charge in [-0.25, -0.2) is 13.2 Å². The van der Waals surface area contributed by atoms with Crippen LogP contribution >= 0.6 is 0 Å². The van der Waals surface area contributed by atoms with Crippen molar-refractivity contribution in [2.24, 2.45) is 0 Å². The van der Waals surface area contributed by atoms with Gasteiger partial charge in [0.1, 0.15) is 12.4 Å². The zero-order valence-electron chi connectivity index (χ0n) is 21.2. The van der Waals surface area contributed by atoms with Crippen LogP contribution in [-0.4, -0.2) is 47.0 Å². The highest BCUT2D eigenvalue weighted by atomic mass is 32.2. The molecule has 1 amide bonds. The summed E-state index contributed by atoms with van der Waals surface area (Å²) in [6.45, 7) is 10.8. The fraction of sp³-hybridized carbons (Fsp3) is 0.462. The molecule has 0 bridgehead atoms. The quantitative estimate of drug-likeness (QED) is 0.391. The van der Waals surface area contributed by atoms with E-state index in [0.29, 0.717) is 6.42 Å². The third-order valence-electron chi connectivity index (χ3n) is 6.12. The predicted molar refractivity (Wildman–Crippen MR) is 139 cm³/mol. The summed E-state index contributed by atoms with van der Waals surface area (Å²) in [6.07, 6.45) is -0.745. The molecule has 0 saturated heterocycles. The Labute approximate surface area is 210 Å². The normalized spacial score (nSPS) is 13.2. The molecule has 0 aromatic heterocycles. The van der Waals surface area contributed by atoms with Crippen molar-refractivity contribution in [2.75, 3.05) is 12.3 Å². The summed E-state index contributed by atoms with van der Waals surface area (Å²) in [4.78, 5) is 25.0. The number of nitrogens with one attached hydrogen (secondary N) is 1. The Kier molecular flexibility index (Phi) is 10.2. The molecule has 1 N–H and O–H groups in total. The summed E-state index contributed by atoms with van der Waals surface area (Å²) in [6, 6.07) is 17.3. The van der Waals surface area contributed by atoms with Crippen molar-refractivity contribution in [3.05, 3.63) is 66.2 Å². The molecule has 0 spiro atoms. The Morgan fingerprint density at radius 1 is 0.971 bits per heavy atom. The van der Waals surface area contributed by atoms with Crippen LogP contribution in [0.1, 0.15) is 39.2 Å². The number of amides is 1. The maximum absolute atomic E-state index is 12.8. The maximum atomic E-state index is 12.8. The Morgan fingerprint density at radius 3 is 2.11 bits per heavy atom. The van der Waals surface area contributed by atoms with E-state index in [-0.39, 0.29) is 29.5 Å². The highest BCUT2D eigenvalue weighted by Gasteiger charge is 2.39. The van der Waals surface area contributed by atoms with E-state index >= 15 is 0 Å². The van der Waals surface area contributed by atoms with Crippen LogP contribution in [0.4, 0.5) is 4.79 Å². The number of sulfone groups is 1. The van der Waals surface area contributed by atoms with Gasteiger partial charge in [-0.2, -0.15) is 0 Å². The largest absolute Gasteiger partial charge is 0.445 e. The first kappa shape index (κ1) is 28.7. The van der Waals surface area contributed by atoms with Gasteiger partial charge in [0.25, 0.3) is 0 Å². The van der Waals surface area contributed by atoms with Crippen LogP contribution in [0.3, 0.4) is 0 Å². The van der Waals surface area contributed by atoms with E-state index in [9.17, 15) is 18.0 Å². The highest BCUT2D eigenvalue weighted by Crippen LogP contribution is 2.38. The lowest BCUT2D eigenvalue weighted by Crippen LogP contribution is -2.45. The molecule has 0 heterocycles. The molecule has 1 atom stereocenters. The molecule has 0 fully saturated rings. The average molecular weight is 520 g/mol. The van der Waals surface area contributed by atoms with E-state index in [1.54, 1.807) is 18.2 Å². The summed E-state index contributed by atoms with van der Waals surface area (Å²) in [7, 11) is -5.97. The molecule has 192 valence electrons. The number of carbonyl (C=O) groups excluding carboxylic acids is 2. The molecule has 7 nitrogen and oxygen atoms in total. The second-order valence-electron chi connectivity index (χ2n) is 10.1. The van der Waals surface area contributed by atoms with Crippen molar-refractivity contribution >= 4 is 30.0 Å². The Morgan fingerprint density at radius 2 is 1.54 bits per heavy atom. The van der Waals surface area contributed by atoms with E-state index in [1.165, 1.54) is 12.1 Å². The Hall–Kier alpha value is -2.49. The number of ketones is 1. The molecule has 2 aromatic carbocycles. The van der Waals surface area contributed by atoms with Crippen LogP contribution in [0.25, 0.3) is 0 Å². The third kappa shape index (κ3) is 9.58. The summed E-state index contributed by atoms with van der Waals surface area (Å²) in [5.74, 6) is -0.995. The van der Waals surface area contributed by atoms with Crippen LogP contribution in [0.5, 0.6) is 0 Å². The molecule has 0 aliphatic heterocycles. The average Bonchev–Trinajstić information content (AvgIpc) is 2.77. The second kappa shape index (κ2) is 12.5. The smallest absolute Gasteiger partial charge is 0.407 e. The summed E-state index contributed by atoms with van der Waals surface area (Å²) in [5, 5.41) is 2.61. The molecule has 2 rings (SSSR count). The monoisotopic (exact) mass is 519 g/mol. The van der Waals surface area contributed by atoms with Crippen molar-refractivity contribution in [3.8, 4) is 0 Å². The first-order chi connectivity index (χ1) is 16.3. The summed E-state index contributed by atoms with van der Waals surface area (Å²) < 4.78 is 36.9.